The lowest BCUT2D eigenvalue weighted by Crippen LogP contribution is -2.27. The highest BCUT2D eigenvalue weighted by molar-refractivity contribution is 7.16. The van der Waals surface area contributed by atoms with Crippen LogP contribution >= 0.6 is 11.3 Å². The van der Waals surface area contributed by atoms with Crippen LogP contribution in [0.15, 0.2) is 83.9 Å². The fourth-order valence-electron chi connectivity index (χ4n) is 5.03. The van der Waals surface area contributed by atoms with Gasteiger partial charge >= 0.3 is 0 Å². The molecule has 202 valence electrons. The van der Waals surface area contributed by atoms with E-state index in [2.05, 4.69) is 32.2 Å². The summed E-state index contributed by atoms with van der Waals surface area (Å²) < 4.78 is 6.12. The van der Waals surface area contributed by atoms with Gasteiger partial charge in [0.15, 0.2) is 0 Å². The minimum atomic E-state index is -0.115. The van der Waals surface area contributed by atoms with Gasteiger partial charge in [0.25, 0.3) is 5.91 Å². The Labute approximate surface area is 240 Å². The van der Waals surface area contributed by atoms with Gasteiger partial charge in [0.2, 0.25) is 0 Å². The Morgan fingerprint density at radius 2 is 1.80 bits per heavy atom. The molecule has 4 aromatic rings. The molecule has 5 rings (SSSR count). The van der Waals surface area contributed by atoms with E-state index in [1.165, 1.54) is 4.88 Å². The quantitative estimate of drug-likeness (QED) is 0.236. The molecule has 6 heteroatoms. The van der Waals surface area contributed by atoms with Crippen molar-refractivity contribution in [1.29, 1.82) is 5.26 Å². The number of aliphatic imine (C=N–C) groups is 1. The Balaban J connectivity index is 1.43. The Kier molecular flexibility index (Phi) is 8.14. The Hall–Kier alpha value is -4.21. The first kappa shape index (κ1) is 27.4. The topological polar surface area (TPSA) is 74.5 Å². The van der Waals surface area contributed by atoms with Crippen LogP contribution in [0.2, 0.25) is 0 Å². The standard InChI is InChI=1S/C34H33N3O2S/c1-34(2,3)26-17-18-28-30(19-26)40-33(31(28)32(38)37-27-10-5-4-6-11-27)36-21-25-9-7-8-12-29(25)39-22-24-15-13-23(20-35)14-16-24/h4-16,21,26H,17-19,22H2,1-3H3,(H,37,38)/t26-/m0/s1. The number of nitrogens with zero attached hydrogens (tertiary/aromatic N) is 2. The van der Waals surface area contributed by atoms with Crippen LogP contribution < -0.4 is 10.1 Å². The summed E-state index contributed by atoms with van der Waals surface area (Å²) in [5.41, 5.74) is 5.24. The average molecular weight is 548 g/mol. The van der Waals surface area contributed by atoms with E-state index in [9.17, 15) is 4.79 Å². The smallest absolute Gasteiger partial charge is 0.259 e. The molecule has 0 saturated carbocycles. The summed E-state index contributed by atoms with van der Waals surface area (Å²) in [5.74, 6) is 1.16. The Bertz CT molecular complexity index is 1560. The monoisotopic (exact) mass is 547 g/mol. The van der Waals surface area contributed by atoms with Gasteiger partial charge in [0, 0.05) is 22.3 Å². The summed E-state index contributed by atoms with van der Waals surface area (Å²) in [6.07, 6.45) is 4.71. The molecule has 0 fully saturated rings. The van der Waals surface area contributed by atoms with Crippen molar-refractivity contribution in [2.24, 2.45) is 16.3 Å². The number of nitrogens with one attached hydrogen (secondary N) is 1. The average Bonchev–Trinajstić information content (AvgIpc) is 3.33. The second-order valence-corrected chi connectivity index (χ2v) is 12.3. The molecule has 0 radical (unpaired) electrons. The Morgan fingerprint density at radius 3 is 2.52 bits per heavy atom. The third-order valence-electron chi connectivity index (χ3n) is 7.45. The van der Waals surface area contributed by atoms with Gasteiger partial charge in [-0.25, -0.2) is 4.99 Å². The highest BCUT2D eigenvalue weighted by Crippen LogP contribution is 2.45. The van der Waals surface area contributed by atoms with Gasteiger partial charge < -0.3 is 10.1 Å². The summed E-state index contributed by atoms with van der Waals surface area (Å²) in [6.45, 7) is 7.27. The molecule has 1 aromatic heterocycles. The second-order valence-electron chi connectivity index (χ2n) is 11.2. The van der Waals surface area contributed by atoms with Gasteiger partial charge in [-0.15, -0.1) is 11.3 Å². The molecule has 1 heterocycles. The molecular formula is C34H33N3O2S. The first-order valence-corrected chi connectivity index (χ1v) is 14.4. The molecule has 0 saturated heterocycles. The van der Waals surface area contributed by atoms with Crippen molar-refractivity contribution in [3.8, 4) is 11.8 Å². The minimum Gasteiger partial charge on any atom is -0.488 e. The highest BCUT2D eigenvalue weighted by Gasteiger charge is 2.33. The molecule has 3 aromatic carbocycles. The molecule has 1 aliphatic rings. The van der Waals surface area contributed by atoms with E-state index in [1.807, 2.05) is 66.7 Å². The number of thiophene rings is 1. The van der Waals surface area contributed by atoms with Crippen LogP contribution in [-0.4, -0.2) is 12.1 Å². The predicted octanol–water partition coefficient (Wildman–Crippen LogP) is 8.35. The summed E-state index contributed by atoms with van der Waals surface area (Å²) in [5, 5.41) is 12.8. The van der Waals surface area contributed by atoms with Gasteiger partial charge in [-0.2, -0.15) is 5.26 Å². The number of rotatable bonds is 7. The van der Waals surface area contributed by atoms with Crippen molar-refractivity contribution in [2.45, 2.75) is 46.6 Å². The van der Waals surface area contributed by atoms with E-state index in [-0.39, 0.29) is 11.3 Å². The normalized spacial score (nSPS) is 14.9. The summed E-state index contributed by atoms with van der Waals surface area (Å²) in [7, 11) is 0. The van der Waals surface area contributed by atoms with Crippen LogP contribution in [0.1, 0.15) is 64.7 Å². The molecular weight excluding hydrogens is 514 g/mol. The van der Waals surface area contributed by atoms with Crippen LogP contribution in [0.5, 0.6) is 5.75 Å². The zero-order chi connectivity index (χ0) is 28.1. The maximum Gasteiger partial charge on any atom is 0.259 e. The van der Waals surface area contributed by atoms with Crippen molar-refractivity contribution >= 4 is 34.1 Å². The fourth-order valence-corrected chi connectivity index (χ4v) is 6.30. The van der Waals surface area contributed by atoms with E-state index in [4.69, 9.17) is 15.0 Å². The molecule has 0 bridgehead atoms. The number of fused-ring (bicyclic) bond motifs is 1. The molecule has 1 N–H and O–H groups in total. The van der Waals surface area contributed by atoms with E-state index in [0.717, 1.165) is 46.6 Å². The largest absolute Gasteiger partial charge is 0.488 e. The van der Waals surface area contributed by atoms with Crippen molar-refractivity contribution in [2.75, 3.05) is 5.32 Å². The molecule has 0 spiro atoms. The number of para-hydroxylation sites is 2. The number of nitriles is 1. The van der Waals surface area contributed by atoms with E-state index in [0.29, 0.717) is 29.4 Å². The summed E-state index contributed by atoms with van der Waals surface area (Å²) in [6, 6.07) is 26.8. The third kappa shape index (κ3) is 6.32. The van der Waals surface area contributed by atoms with Crippen LogP contribution in [-0.2, 0) is 19.4 Å². The second kappa shape index (κ2) is 11.9. The number of anilines is 1. The fraction of sp³-hybridized carbons (Fsp3) is 0.265. The number of ether oxygens (including phenoxy) is 1. The van der Waals surface area contributed by atoms with Gasteiger partial charge in [0.05, 0.1) is 17.2 Å². The van der Waals surface area contributed by atoms with Crippen LogP contribution in [0, 0.1) is 22.7 Å². The SMILES string of the molecule is CC(C)(C)[C@H]1CCc2c(sc(N=Cc3ccccc3OCc3ccc(C#N)cc3)c2C(=O)Nc2ccccc2)C1. The first-order valence-electron chi connectivity index (χ1n) is 13.6. The number of hydrogen-bond donors (Lipinski definition) is 1. The van der Waals surface area contributed by atoms with Crippen LogP contribution in [0.25, 0.3) is 0 Å². The predicted molar refractivity (Wildman–Crippen MR) is 163 cm³/mol. The highest BCUT2D eigenvalue weighted by atomic mass is 32.1. The van der Waals surface area contributed by atoms with Crippen molar-refractivity contribution < 1.29 is 9.53 Å². The van der Waals surface area contributed by atoms with E-state index < -0.39 is 0 Å². The maximum absolute atomic E-state index is 13.6. The number of hydrogen-bond acceptors (Lipinski definition) is 5. The molecule has 0 unspecified atom stereocenters. The lowest BCUT2D eigenvalue weighted by atomic mass is 9.72. The molecule has 0 aliphatic heterocycles. The van der Waals surface area contributed by atoms with Gasteiger partial charge in [-0.3, -0.25) is 4.79 Å². The van der Waals surface area contributed by atoms with Crippen LogP contribution in [0.4, 0.5) is 10.7 Å². The van der Waals surface area contributed by atoms with E-state index in [1.54, 1.807) is 29.7 Å². The molecule has 1 atom stereocenters. The summed E-state index contributed by atoms with van der Waals surface area (Å²) >= 11 is 1.63. The molecule has 40 heavy (non-hydrogen) atoms. The first-order chi connectivity index (χ1) is 19.3. The number of benzene rings is 3. The van der Waals surface area contributed by atoms with Gasteiger partial charge in [-0.05, 0) is 78.1 Å². The van der Waals surface area contributed by atoms with Crippen molar-refractivity contribution in [3.05, 3.63) is 112 Å². The van der Waals surface area contributed by atoms with Crippen molar-refractivity contribution in [3.63, 3.8) is 0 Å². The minimum absolute atomic E-state index is 0.115. The zero-order valence-corrected chi connectivity index (χ0v) is 23.9. The van der Waals surface area contributed by atoms with Gasteiger partial charge in [-0.1, -0.05) is 63.2 Å². The molecule has 1 amide bonds. The number of carbonyl (C=O) groups excluding carboxylic acids is 1. The molecule has 1 aliphatic carbocycles. The van der Waals surface area contributed by atoms with Crippen molar-refractivity contribution in [1.82, 2.24) is 0 Å². The van der Waals surface area contributed by atoms with Gasteiger partial charge in [0.1, 0.15) is 17.4 Å². The van der Waals surface area contributed by atoms with E-state index >= 15 is 0 Å². The zero-order valence-electron chi connectivity index (χ0n) is 23.1. The Morgan fingerprint density at radius 1 is 1.07 bits per heavy atom. The lowest BCUT2D eigenvalue weighted by Gasteiger charge is -2.33. The molecule has 5 nitrogen and oxygen atoms in total. The summed E-state index contributed by atoms with van der Waals surface area (Å²) in [4.78, 5) is 19.8. The maximum atomic E-state index is 13.6. The number of amides is 1. The third-order valence-corrected chi connectivity index (χ3v) is 8.61. The number of carbonyl (C=O) groups is 1. The van der Waals surface area contributed by atoms with Crippen LogP contribution in [0.3, 0.4) is 0 Å². The lowest BCUT2D eigenvalue weighted by molar-refractivity contribution is 0.102.